The van der Waals surface area contributed by atoms with Crippen LogP contribution in [0.5, 0.6) is 0 Å². The average molecular weight is 359 g/mol. The van der Waals surface area contributed by atoms with Gasteiger partial charge in [-0.3, -0.25) is 4.72 Å². The first-order valence-electron chi connectivity index (χ1n) is 8.86. The largest absolute Gasteiger partial charge is 0.381 e. The third kappa shape index (κ3) is 4.72. The summed E-state index contributed by atoms with van der Waals surface area (Å²) in [4.78, 5) is 4.53. The number of pyridine rings is 1. The SMILES string of the molecule is Cc1ccccc1S(=O)(=O)Nc1ccc(NC2CCCCCC2)cn1. The minimum atomic E-state index is -3.62. The predicted molar refractivity (Wildman–Crippen MR) is 101 cm³/mol. The maximum Gasteiger partial charge on any atom is 0.263 e. The van der Waals surface area contributed by atoms with Crippen molar-refractivity contribution in [3.8, 4) is 0 Å². The number of sulfonamides is 1. The summed E-state index contributed by atoms with van der Waals surface area (Å²) in [7, 11) is -3.62. The number of aromatic nitrogens is 1. The van der Waals surface area contributed by atoms with Gasteiger partial charge >= 0.3 is 0 Å². The van der Waals surface area contributed by atoms with E-state index in [0.29, 0.717) is 17.4 Å². The van der Waals surface area contributed by atoms with Crippen molar-refractivity contribution in [1.29, 1.82) is 0 Å². The maximum absolute atomic E-state index is 12.5. The summed E-state index contributed by atoms with van der Waals surface area (Å²) in [5.41, 5.74) is 1.65. The number of rotatable bonds is 5. The Kier molecular flexibility index (Phi) is 5.58. The second-order valence-electron chi connectivity index (χ2n) is 6.64. The van der Waals surface area contributed by atoms with Crippen LogP contribution in [0.1, 0.15) is 44.1 Å². The Morgan fingerprint density at radius 2 is 1.72 bits per heavy atom. The van der Waals surface area contributed by atoms with Gasteiger partial charge in [0.25, 0.3) is 10.0 Å². The summed E-state index contributed by atoms with van der Waals surface area (Å²) in [5, 5.41) is 3.51. The molecule has 5 nitrogen and oxygen atoms in total. The standard InChI is InChI=1S/C19H25N3O2S/c1-15-8-6-7-11-18(15)25(23,24)22-19-13-12-17(14-20-19)21-16-9-4-2-3-5-10-16/h6-8,11-14,16,21H,2-5,9-10H2,1H3,(H,20,22). The predicted octanol–water partition coefficient (Wildman–Crippen LogP) is 4.33. The van der Waals surface area contributed by atoms with Gasteiger partial charge in [0.1, 0.15) is 5.82 Å². The van der Waals surface area contributed by atoms with Crippen LogP contribution in [0.3, 0.4) is 0 Å². The van der Waals surface area contributed by atoms with Crippen LogP contribution in [0.15, 0.2) is 47.5 Å². The molecule has 2 aromatic rings. The summed E-state index contributed by atoms with van der Waals surface area (Å²) in [6.07, 6.45) is 9.22. The molecule has 6 heteroatoms. The summed E-state index contributed by atoms with van der Waals surface area (Å²) >= 11 is 0. The van der Waals surface area contributed by atoms with Crippen molar-refractivity contribution >= 4 is 21.5 Å². The van der Waals surface area contributed by atoms with Crippen LogP contribution in [0.25, 0.3) is 0 Å². The second-order valence-corrected chi connectivity index (χ2v) is 8.29. The zero-order valence-corrected chi connectivity index (χ0v) is 15.3. The van der Waals surface area contributed by atoms with Crippen molar-refractivity contribution in [2.24, 2.45) is 0 Å². The smallest absolute Gasteiger partial charge is 0.263 e. The quantitative estimate of drug-likeness (QED) is 0.780. The molecule has 1 fully saturated rings. The minimum absolute atomic E-state index is 0.275. The van der Waals surface area contributed by atoms with E-state index < -0.39 is 10.0 Å². The topological polar surface area (TPSA) is 71.1 Å². The van der Waals surface area contributed by atoms with Crippen LogP contribution in [0.2, 0.25) is 0 Å². The van der Waals surface area contributed by atoms with Gasteiger partial charge in [0.2, 0.25) is 0 Å². The van der Waals surface area contributed by atoms with Crippen molar-refractivity contribution in [2.45, 2.75) is 56.4 Å². The van der Waals surface area contributed by atoms with Gasteiger partial charge in [0.05, 0.1) is 16.8 Å². The van der Waals surface area contributed by atoms with Gasteiger partial charge in [-0.25, -0.2) is 13.4 Å². The molecule has 0 unspecified atom stereocenters. The fraction of sp³-hybridized carbons (Fsp3) is 0.421. The molecule has 1 aromatic carbocycles. The van der Waals surface area contributed by atoms with E-state index in [4.69, 9.17) is 0 Å². The average Bonchev–Trinajstić information content (AvgIpc) is 2.85. The summed E-state index contributed by atoms with van der Waals surface area (Å²) in [5.74, 6) is 0.328. The van der Waals surface area contributed by atoms with Crippen molar-refractivity contribution in [3.05, 3.63) is 48.2 Å². The lowest BCUT2D eigenvalue weighted by molar-refractivity contribution is 0.600. The number of anilines is 2. The van der Waals surface area contributed by atoms with E-state index in [0.717, 1.165) is 5.69 Å². The fourth-order valence-electron chi connectivity index (χ4n) is 3.25. The number of hydrogen-bond donors (Lipinski definition) is 2. The summed E-state index contributed by atoms with van der Waals surface area (Å²) in [6, 6.07) is 11.0. The fourth-order valence-corrected chi connectivity index (χ4v) is 4.51. The van der Waals surface area contributed by atoms with Gasteiger partial charge in [0, 0.05) is 6.04 Å². The van der Waals surface area contributed by atoms with Gasteiger partial charge in [-0.2, -0.15) is 0 Å². The molecule has 1 aromatic heterocycles. The third-order valence-corrected chi connectivity index (χ3v) is 6.13. The molecule has 0 radical (unpaired) electrons. The first-order chi connectivity index (χ1) is 12.0. The number of nitrogens with zero attached hydrogens (tertiary/aromatic N) is 1. The molecule has 1 aliphatic carbocycles. The molecule has 0 spiro atoms. The molecule has 1 heterocycles. The molecular formula is C19H25N3O2S. The molecule has 3 rings (SSSR count). The van der Waals surface area contributed by atoms with Crippen molar-refractivity contribution in [2.75, 3.05) is 10.0 Å². The van der Waals surface area contributed by atoms with E-state index >= 15 is 0 Å². The van der Waals surface area contributed by atoms with E-state index in [-0.39, 0.29) is 4.90 Å². The lowest BCUT2D eigenvalue weighted by Gasteiger charge is -2.17. The van der Waals surface area contributed by atoms with Crippen LogP contribution in [0, 0.1) is 6.92 Å². The van der Waals surface area contributed by atoms with Crippen molar-refractivity contribution in [1.82, 2.24) is 4.98 Å². The zero-order chi connectivity index (χ0) is 17.7. The lowest BCUT2D eigenvalue weighted by Crippen LogP contribution is -2.18. The number of aryl methyl sites for hydroxylation is 1. The minimum Gasteiger partial charge on any atom is -0.381 e. The third-order valence-electron chi connectivity index (χ3n) is 4.61. The first-order valence-corrected chi connectivity index (χ1v) is 10.3. The molecular weight excluding hydrogens is 334 g/mol. The highest BCUT2D eigenvalue weighted by Gasteiger charge is 2.17. The Bertz CT molecular complexity index is 796. The molecule has 0 aliphatic heterocycles. The van der Waals surface area contributed by atoms with Gasteiger partial charge in [-0.1, -0.05) is 43.9 Å². The van der Waals surface area contributed by atoms with Crippen LogP contribution in [0.4, 0.5) is 11.5 Å². The molecule has 2 N–H and O–H groups in total. The van der Waals surface area contributed by atoms with E-state index in [1.165, 1.54) is 38.5 Å². The Labute approximate surface area is 149 Å². The Morgan fingerprint density at radius 1 is 1.00 bits per heavy atom. The van der Waals surface area contributed by atoms with Gasteiger partial charge in [0.15, 0.2) is 0 Å². The van der Waals surface area contributed by atoms with Crippen LogP contribution in [-0.2, 0) is 10.0 Å². The Balaban J connectivity index is 1.67. The molecule has 134 valence electrons. The summed E-state index contributed by atoms with van der Waals surface area (Å²) < 4.78 is 27.5. The second kappa shape index (κ2) is 7.87. The highest BCUT2D eigenvalue weighted by Crippen LogP contribution is 2.22. The van der Waals surface area contributed by atoms with Gasteiger partial charge in [-0.05, 0) is 43.5 Å². The van der Waals surface area contributed by atoms with Crippen molar-refractivity contribution in [3.63, 3.8) is 0 Å². The van der Waals surface area contributed by atoms with Crippen molar-refractivity contribution < 1.29 is 8.42 Å². The van der Waals surface area contributed by atoms with Crippen LogP contribution in [-0.4, -0.2) is 19.4 Å². The normalized spacial score (nSPS) is 16.2. The van der Waals surface area contributed by atoms with Crippen LogP contribution < -0.4 is 10.0 Å². The molecule has 0 amide bonds. The van der Waals surface area contributed by atoms with E-state index in [9.17, 15) is 8.42 Å². The molecule has 1 aliphatic rings. The lowest BCUT2D eigenvalue weighted by atomic mass is 10.1. The molecule has 0 bridgehead atoms. The monoisotopic (exact) mass is 359 g/mol. The maximum atomic E-state index is 12.5. The number of nitrogens with one attached hydrogen (secondary N) is 2. The molecule has 0 saturated heterocycles. The van der Waals surface area contributed by atoms with E-state index in [1.807, 2.05) is 12.1 Å². The molecule has 1 saturated carbocycles. The van der Waals surface area contributed by atoms with E-state index in [1.54, 1.807) is 37.4 Å². The molecule has 25 heavy (non-hydrogen) atoms. The van der Waals surface area contributed by atoms with Gasteiger partial charge < -0.3 is 5.32 Å². The highest BCUT2D eigenvalue weighted by molar-refractivity contribution is 7.92. The van der Waals surface area contributed by atoms with Gasteiger partial charge in [-0.15, -0.1) is 0 Å². The molecule has 0 atom stereocenters. The Hall–Kier alpha value is -2.08. The van der Waals surface area contributed by atoms with E-state index in [2.05, 4.69) is 15.0 Å². The first kappa shape index (κ1) is 17.7. The number of hydrogen-bond acceptors (Lipinski definition) is 4. The summed E-state index contributed by atoms with van der Waals surface area (Å²) in [6.45, 7) is 1.78. The van der Waals surface area contributed by atoms with Crippen LogP contribution >= 0.6 is 0 Å². The zero-order valence-electron chi connectivity index (χ0n) is 14.5. The highest BCUT2D eigenvalue weighted by atomic mass is 32.2. The Morgan fingerprint density at radius 3 is 2.36 bits per heavy atom. The number of benzene rings is 1.